The Kier molecular flexibility index (Phi) is 4.23. The van der Waals surface area contributed by atoms with E-state index in [1.165, 1.54) is 12.1 Å². The number of phenolic OH excluding ortho intramolecular Hbond substituents is 1. The highest BCUT2D eigenvalue weighted by atomic mass is 16.5. The van der Waals surface area contributed by atoms with Crippen LogP contribution in [0.25, 0.3) is 10.8 Å². The lowest BCUT2D eigenvalue weighted by Crippen LogP contribution is -2.50. The quantitative estimate of drug-likeness (QED) is 0.602. The first-order valence-electron chi connectivity index (χ1n) is 8.36. The van der Waals surface area contributed by atoms with Crippen molar-refractivity contribution in [2.24, 2.45) is 0 Å². The Bertz CT molecular complexity index is 1020. The van der Waals surface area contributed by atoms with Gasteiger partial charge in [0, 0.05) is 17.3 Å². The Hall–Kier alpha value is -3.42. The molecule has 0 spiro atoms. The van der Waals surface area contributed by atoms with E-state index >= 15 is 0 Å². The standard InChI is InChI=1S/C20H16N2O5/c23-11-10-21-22-19(25)15-3-1-2-14-17(9-8-16(18(14)15)20(22)26)27-13-6-4-12(24)5-7-13/h1-9,21,23-24H,10-11H2. The second-order valence-electron chi connectivity index (χ2n) is 6.01. The minimum Gasteiger partial charge on any atom is -0.508 e. The van der Waals surface area contributed by atoms with Crippen molar-refractivity contribution in [2.45, 2.75) is 0 Å². The van der Waals surface area contributed by atoms with Crippen LogP contribution in [0.1, 0.15) is 20.7 Å². The van der Waals surface area contributed by atoms with Gasteiger partial charge in [0.15, 0.2) is 0 Å². The minimum absolute atomic E-state index is 0.0881. The Balaban J connectivity index is 1.81. The normalized spacial score (nSPS) is 13.3. The number of hydrogen-bond acceptors (Lipinski definition) is 6. The molecule has 27 heavy (non-hydrogen) atoms. The molecule has 1 aliphatic heterocycles. The van der Waals surface area contributed by atoms with E-state index in [1.54, 1.807) is 42.5 Å². The third-order valence-corrected chi connectivity index (χ3v) is 4.31. The number of imide groups is 1. The molecule has 7 nitrogen and oxygen atoms in total. The number of hydrazine groups is 1. The topological polar surface area (TPSA) is 99.1 Å². The molecule has 0 aliphatic carbocycles. The first kappa shape index (κ1) is 17.0. The highest BCUT2D eigenvalue weighted by molar-refractivity contribution is 6.25. The number of ether oxygens (including phenoxy) is 1. The van der Waals surface area contributed by atoms with Gasteiger partial charge in [-0.25, -0.2) is 10.4 Å². The highest BCUT2D eigenvalue weighted by Crippen LogP contribution is 2.37. The average molecular weight is 364 g/mol. The molecule has 1 heterocycles. The van der Waals surface area contributed by atoms with Crippen molar-refractivity contribution in [1.82, 2.24) is 10.4 Å². The van der Waals surface area contributed by atoms with Crippen LogP contribution >= 0.6 is 0 Å². The fourth-order valence-corrected chi connectivity index (χ4v) is 3.11. The van der Waals surface area contributed by atoms with Crippen LogP contribution < -0.4 is 10.2 Å². The van der Waals surface area contributed by atoms with Crippen molar-refractivity contribution in [3.63, 3.8) is 0 Å². The van der Waals surface area contributed by atoms with Crippen molar-refractivity contribution >= 4 is 22.6 Å². The zero-order valence-corrected chi connectivity index (χ0v) is 14.2. The van der Waals surface area contributed by atoms with Crippen LogP contribution in [0.3, 0.4) is 0 Å². The third kappa shape index (κ3) is 2.88. The van der Waals surface area contributed by atoms with Crippen LogP contribution in [-0.2, 0) is 0 Å². The molecular weight excluding hydrogens is 348 g/mol. The Morgan fingerprint density at radius 3 is 2.33 bits per heavy atom. The molecule has 0 aromatic heterocycles. The summed E-state index contributed by atoms with van der Waals surface area (Å²) in [6.45, 7) is -0.113. The molecule has 7 heteroatoms. The molecule has 136 valence electrons. The number of aliphatic hydroxyl groups excluding tert-OH is 1. The Morgan fingerprint density at radius 2 is 1.63 bits per heavy atom. The maximum Gasteiger partial charge on any atom is 0.275 e. The van der Waals surface area contributed by atoms with Crippen LogP contribution in [0, 0.1) is 0 Å². The second-order valence-corrected chi connectivity index (χ2v) is 6.01. The molecule has 0 atom stereocenters. The van der Waals surface area contributed by atoms with Crippen LogP contribution in [0.4, 0.5) is 0 Å². The van der Waals surface area contributed by atoms with Gasteiger partial charge in [-0.15, -0.1) is 0 Å². The average Bonchev–Trinajstić information content (AvgIpc) is 2.68. The number of nitrogens with zero attached hydrogens (tertiary/aromatic N) is 1. The third-order valence-electron chi connectivity index (χ3n) is 4.31. The van der Waals surface area contributed by atoms with Crippen molar-refractivity contribution < 1.29 is 24.5 Å². The van der Waals surface area contributed by atoms with Crippen LogP contribution in [-0.4, -0.2) is 40.2 Å². The van der Waals surface area contributed by atoms with Gasteiger partial charge >= 0.3 is 0 Å². The number of nitrogens with one attached hydrogen (secondary N) is 1. The van der Waals surface area contributed by atoms with Crippen molar-refractivity contribution in [3.05, 3.63) is 65.7 Å². The lowest BCUT2D eigenvalue weighted by molar-refractivity contribution is 0.0509. The fourth-order valence-electron chi connectivity index (χ4n) is 3.11. The number of phenols is 1. The van der Waals surface area contributed by atoms with Crippen molar-refractivity contribution in [2.75, 3.05) is 13.2 Å². The van der Waals surface area contributed by atoms with Gasteiger partial charge in [-0.2, -0.15) is 0 Å². The molecule has 3 N–H and O–H groups in total. The number of aromatic hydroxyl groups is 1. The summed E-state index contributed by atoms with van der Waals surface area (Å²) in [5.41, 5.74) is 3.40. The molecule has 0 bridgehead atoms. The van der Waals surface area contributed by atoms with Gasteiger partial charge in [-0.05, 0) is 42.5 Å². The summed E-state index contributed by atoms with van der Waals surface area (Å²) in [7, 11) is 0. The summed E-state index contributed by atoms with van der Waals surface area (Å²) in [6.07, 6.45) is 0. The number of aliphatic hydroxyl groups is 1. The molecule has 4 rings (SSSR count). The molecular formula is C20H16N2O5. The predicted octanol–water partition coefficient (Wildman–Crippen LogP) is 2.43. The molecule has 0 saturated heterocycles. The molecule has 2 amide bonds. The number of benzene rings is 3. The van der Waals surface area contributed by atoms with Crippen molar-refractivity contribution in [1.29, 1.82) is 0 Å². The molecule has 0 radical (unpaired) electrons. The van der Waals surface area contributed by atoms with E-state index in [4.69, 9.17) is 9.84 Å². The van der Waals surface area contributed by atoms with Crippen LogP contribution in [0.2, 0.25) is 0 Å². The van der Waals surface area contributed by atoms with Gasteiger partial charge in [0.2, 0.25) is 0 Å². The first-order valence-corrected chi connectivity index (χ1v) is 8.36. The smallest absolute Gasteiger partial charge is 0.275 e. The molecule has 3 aromatic carbocycles. The SMILES string of the molecule is O=C1c2cccc3c(Oc4ccc(O)cc4)ccc(c23)C(=O)N1NCCO. The van der Waals surface area contributed by atoms with E-state index in [-0.39, 0.29) is 18.9 Å². The Morgan fingerprint density at radius 1 is 0.926 bits per heavy atom. The van der Waals surface area contributed by atoms with E-state index in [0.29, 0.717) is 33.4 Å². The molecule has 3 aromatic rings. The molecule has 0 saturated carbocycles. The summed E-state index contributed by atoms with van der Waals surface area (Å²) in [5.74, 6) is 0.194. The number of carbonyl (C=O) groups is 2. The summed E-state index contributed by atoms with van der Waals surface area (Å²) in [5, 5.41) is 20.5. The van der Waals surface area contributed by atoms with Crippen molar-refractivity contribution in [3.8, 4) is 17.2 Å². The number of rotatable bonds is 5. The van der Waals surface area contributed by atoms with E-state index in [1.807, 2.05) is 0 Å². The maximum absolute atomic E-state index is 12.7. The first-order chi connectivity index (χ1) is 13.1. The zero-order valence-electron chi connectivity index (χ0n) is 14.2. The van der Waals surface area contributed by atoms with E-state index in [2.05, 4.69) is 5.43 Å². The highest BCUT2D eigenvalue weighted by Gasteiger charge is 2.33. The summed E-state index contributed by atoms with van der Waals surface area (Å²) < 4.78 is 5.89. The maximum atomic E-state index is 12.7. The largest absolute Gasteiger partial charge is 0.508 e. The van der Waals surface area contributed by atoms with Crippen LogP contribution in [0.15, 0.2) is 54.6 Å². The minimum atomic E-state index is -0.478. The monoisotopic (exact) mass is 364 g/mol. The molecule has 0 unspecified atom stereocenters. The predicted molar refractivity (Wildman–Crippen MR) is 97.7 cm³/mol. The summed E-state index contributed by atoms with van der Waals surface area (Å²) >= 11 is 0. The van der Waals surface area contributed by atoms with Gasteiger partial charge in [0.25, 0.3) is 11.8 Å². The van der Waals surface area contributed by atoms with Gasteiger partial charge in [-0.1, -0.05) is 12.1 Å². The lowest BCUT2D eigenvalue weighted by atomic mass is 9.94. The molecule has 0 fully saturated rings. The van der Waals surface area contributed by atoms with E-state index in [0.717, 1.165) is 5.01 Å². The number of carbonyl (C=O) groups excluding carboxylic acids is 2. The van der Waals surface area contributed by atoms with E-state index < -0.39 is 11.8 Å². The summed E-state index contributed by atoms with van der Waals surface area (Å²) in [4.78, 5) is 25.4. The van der Waals surface area contributed by atoms with E-state index in [9.17, 15) is 14.7 Å². The zero-order chi connectivity index (χ0) is 19.0. The second kappa shape index (κ2) is 6.71. The Labute approximate surface area is 154 Å². The fraction of sp³-hybridized carbons (Fsp3) is 0.100. The molecule has 1 aliphatic rings. The van der Waals surface area contributed by atoms with Gasteiger partial charge < -0.3 is 14.9 Å². The van der Waals surface area contributed by atoms with Gasteiger partial charge in [0.1, 0.15) is 17.2 Å². The van der Waals surface area contributed by atoms with Gasteiger partial charge in [-0.3, -0.25) is 9.59 Å². The van der Waals surface area contributed by atoms with Crippen LogP contribution in [0.5, 0.6) is 17.2 Å². The summed E-state index contributed by atoms with van der Waals surface area (Å²) in [6, 6.07) is 14.7. The van der Waals surface area contributed by atoms with Gasteiger partial charge in [0.05, 0.1) is 17.7 Å². The number of amides is 2. The lowest BCUT2D eigenvalue weighted by Gasteiger charge is -2.27. The number of hydrogen-bond donors (Lipinski definition) is 3.